The number of aldehydes is 1. The number of rotatable bonds is 7. The number of ether oxygens (including phenoxy) is 1. The van der Waals surface area contributed by atoms with Crippen LogP contribution in [0.25, 0.3) is 0 Å². The summed E-state index contributed by atoms with van der Waals surface area (Å²) in [5.74, 6) is 0.847. The van der Waals surface area contributed by atoms with Crippen LogP contribution in [0, 0.1) is 0 Å². The first-order chi connectivity index (χ1) is 10.2. The Morgan fingerprint density at radius 1 is 1.43 bits per heavy atom. The van der Waals surface area contributed by atoms with E-state index in [2.05, 4.69) is 22.9 Å². The summed E-state index contributed by atoms with van der Waals surface area (Å²) in [6.45, 7) is 2.82. The molecule has 0 saturated carbocycles. The van der Waals surface area contributed by atoms with E-state index in [-0.39, 0.29) is 0 Å². The van der Waals surface area contributed by atoms with Gasteiger partial charge >= 0.3 is 0 Å². The molecule has 0 bridgehead atoms. The molecule has 21 heavy (non-hydrogen) atoms. The Balaban J connectivity index is 2.15. The van der Waals surface area contributed by atoms with Crippen LogP contribution in [-0.2, 0) is 13.0 Å². The quantitative estimate of drug-likeness (QED) is 0.734. The monoisotopic (exact) mass is 304 g/mol. The second-order valence-corrected chi connectivity index (χ2v) is 5.89. The molecule has 0 unspecified atom stereocenters. The number of anilines is 1. The van der Waals surface area contributed by atoms with Gasteiger partial charge in [0.15, 0.2) is 11.4 Å². The predicted octanol–water partition coefficient (Wildman–Crippen LogP) is 3.55. The van der Waals surface area contributed by atoms with Crippen molar-refractivity contribution in [3.63, 3.8) is 0 Å². The summed E-state index contributed by atoms with van der Waals surface area (Å²) >= 11 is 1.45. The van der Waals surface area contributed by atoms with Crippen LogP contribution in [0.3, 0.4) is 0 Å². The van der Waals surface area contributed by atoms with Crippen molar-refractivity contribution in [3.8, 4) is 5.75 Å². The lowest BCUT2D eigenvalue weighted by atomic mass is 10.2. The van der Waals surface area contributed by atoms with E-state index in [0.29, 0.717) is 0 Å². The Kier molecular flexibility index (Phi) is 5.33. The van der Waals surface area contributed by atoms with Crippen molar-refractivity contribution >= 4 is 22.8 Å². The summed E-state index contributed by atoms with van der Waals surface area (Å²) in [4.78, 5) is 18.5. The van der Waals surface area contributed by atoms with Gasteiger partial charge < -0.3 is 9.64 Å². The van der Waals surface area contributed by atoms with Crippen LogP contribution in [0.2, 0.25) is 0 Å². The van der Waals surface area contributed by atoms with Crippen LogP contribution < -0.4 is 9.64 Å². The minimum absolute atomic E-state index is 0.731. The van der Waals surface area contributed by atoms with E-state index in [1.807, 2.05) is 25.2 Å². The van der Waals surface area contributed by atoms with Crippen molar-refractivity contribution in [2.45, 2.75) is 26.3 Å². The van der Waals surface area contributed by atoms with Crippen LogP contribution in [0.4, 0.5) is 5.13 Å². The van der Waals surface area contributed by atoms with Gasteiger partial charge in [0.1, 0.15) is 5.75 Å². The average molecular weight is 304 g/mol. The van der Waals surface area contributed by atoms with Crippen LogP contribution in [-0.4, -0.2) is 25.4 Å². The van der Waals surface area contributed by atoms with Gasteiger partial charge in [-0.25, -0.2) is 4.98 Å². The maximum absolute atomic E-state index is 11.1. The zero-order valence-corrected chi connectivity index (χ0v) is 13.4. The number of hydrogen-bond acceptors (Lipinski definition) is 5. The zero-order chi connectivity index (χ0) is 15.2. The smallest absolute Gasteiger partial charge is 0.186 e. The van der Waals surface area contributed by atoms with Gasteiger partial charge in [0.05, 0.1) is 17.7 Å². The van der Waals surface area contributed by atoms with E-state index in [1.54, 1.807) is 7.11 Å². The maximum Gasteiger partial charge on any atom is 0.186 e. The van der Waals surface area contributed by atoms with Gasteiger partial charge in [-0.2, -0.15) is 0 Å². The van der Waals surface area contributed by atoms with Gasteiger partial charge in [-0.05, 0) is 24.1 Å². The van der Waals surface area contributed by atoms with Crippen molar-refractivity contribution in [1.29, 1.82) is 0 Å². The van der Waals surface area contributed by atoms with Crippen LogP contribution >= 0.6 is 11.3 Å². The number of carbonyl (C=O) groups is 1. The van der Waals surface area contributed by atoms with Gasteiger partial charge in [0.2, 0.25) is 0 Å². The Morgan fingerprint density at radius 2 is 2.24 bits per heavy atom. The lowest BCUT2D eigenvalue weighted by Gasteiger charge is -2.16. The van der Waals surface area contributed by atoms with E-state index < -0.39 is 0 Å². The third kappa shape index (κ3) is 3.82. The molecule has 112 valence electrons. The standard InChI is InChI=1S/C16H20N2O2S/c1-4-6-14-15(11-19)21-16(17-14)18(2)10-12-7-5-8-13(9-12)20-3/h5,7-9,11H,4,6,10H2,1-3H3. The summed E-state index contributed by atoms with van der Waals surface area (Å²) in [7, 11) is 3.65. The molecule has 5 heteroatoms. The SMILES string of the molecule is CCCc1nc(N(C)Cc2cccc(OC)c2)sc1C=O. The van der Waals surface area contributed by atoms with Crippen molar-refractivity contribution in [1.82, 2.24) is 4.98 Å². The third-order valence-electron chi connectivity index (χ3n) is 3.19. The molecule has 0 amide bonds. The summed E-state index contributed by atoms with van der Waals surface area (Å²) in [5.41, 5.74) is 2.06. The molecule has 0 fully saturated rings. The molecule has 2 rings (SSSR count). The number of thiazole rings is 1. The van der Waals surface area contributed by atoms with Gasteiger partial charge in [-0.15, -0.1) is 0 Å². The molecule has 0 radical (unpaired) electrons. The fourth-order valence-corrected chi connectivity index (χ4v) is 3.02. The fourth-order valence-electron chi connectivity index (χ4n) is 2.13. The molecule has 4 nitrogen and oxygen atoms in total. The number of methoxy groups -OCH3 is 1. The summed E-state index contributed by atoms with van der Waals surface area (Å²) < 4.78 is 5.24. The van der Waals surface area contributed by atoms with E-state index >= 15 is 0 Å². The van der Waals surface area contributed by atoms with Crippen molar-refractivity contribution < 1.29 is 9.53 Å². The third-order valence-corrected chi connectivity index (χ3v) is 4.33. The van der Waals surface area contributed by atoms with Crippen LogP contribution in [0.1, 0.15) is 34.3 Å². The Morgan fingerprint density at radius 3 is 2.90 bits per heavy atom. The molecule has 0 aliphatic carbocycles. The largest absolute Gasteiger partial charge is 0.497 e. The first-order valence-electron chi connectivity index (χ1n) is 6.96. The lowest BCUT2D eigenvalue weighted by Crippen LogP contribution is -2.16. The number of carbonyl (C=O) groups excluding carboxylic acids is 1. The lowest BCUT2D eigenvalue weighted by molar-refractivity contribution is 0.112. The highest BCUT2D eigenvalue weighted by Crippen LogP contribution is 2.26. The Hall–Kier alpha value is -1.88. The van der Waals surface area contributed by atoms with E-state index in [4.69, 9.17) is 4.74 Å². The molecule has 0 aliphatic heterocycles. The number of nitrogens with zero attached hydrogens (tertiary/aromatic N) is 2. The average Bonchev–Trinajstić information content (AvgIpc) is 2.91. The van der Waals surface area contributed by atoms with Crippen LogP contribution in [0.15, 0.2) is 24.3 Å². The van der Waals surface area contributed by atoms with Crippen molar-refractivity contribution in [2.24, 2.45) is 0 Å². The molecular weight excluding hydrogens is 284 g/mol. The topological polar surface area (TPSA) is 42.4 Å². The summed E-state index contributed by atoms with van der Waals surface area (Å²) in [6, 6.07) is 7.97. The molecule has 0 N–H and O–H groups in total. The maximum atomic E-state index is 11.1. The zero-order valence-electron chi connectivity index (χ0n) is 12.6. The van der Waals surface area contributed by atoms with Crippen molar-refractivity contribution in [2.75, 3.05) is 19.1 Å². The second kappa shape index (κ2) is 7.22. The molecule has 0 aliphatic rings. The van der Waals surface area contributed by atoms with Gasteiger partial charge in [0, 0.05) is 13.6 Å². The number of hydrogen-bond donors (Lipinski definition) is 0. The molecule has 2 aromatic rings. The van der Waals surface area contributed by atoms with Gasteiger partial charge in [0.25, 0.3) is 0 Å². The second-order valence-electron chi connectivity index (χ2n) is 4.88. The summed E-state index contributed by atoms with van der Waals surface area (Å²) in [5, 5.41) is 0.878. The highest BCUT2D eigenvalue weighted by atomic mass is 32.1. The number of benzene rings is 1. The molecular formula is C16H20N2O2S. The summed E-state index contributed by atoms with van der Waals surface area (Å²) in [6.07, 6.45) is 2.74. The van der Waals surface area contributed by atoms with Gasteiger partial charge in [-0.3, -0.25) is 4.79 Å². The first-order valence-corrected chi connectivity index (χ1v) is 7.78. The highest BCUT2D eigenvalue weighted by molar-refractivity contribution is 7.17. The molecule has 0 spiro atoms. The van der Waals surface area contributed by atoms with E-state index in [9.17, 15) is 4.79 Å². The first kappa shape index (κ1) is 15.5. The molecule has 0 saturated heterocycles. The number of aromatic nitrogens is 1. The molecule has 0 atom stereocenters. The van der Waals surface area contributed by atoms with Crippen molar-refractivity contribution in [3.05, 3.63) is 40.4 Å². The normalized spacial score (nSPS) is 10.4. The van der Waals surface area contributed by atoms with E-state index in [1.165, 1.54) is 11.3 Å². The predicted molar refractivity (Wildman–Crippen MR) is 86.6 cm³/mol. The molecule has 1 heterocycles. The molecule has 1 aromatic carbocycles. The van der Waals surface area contributed by atoms with Gasteiger partial charge in [-0.1, -0.05) is 36.8 Å². The Bertz CT molecular complexity index is 610. The highest BCUT2D eigenvalue weighted by Gasteiger charge is 2.13. The minimum atomic E-state index is 0.731. The minimum Gasteiger partial charge on any atom is -0.497 e. The fraction of sp³-hybridized carbons (Fsp3) is 0.375. The van der Waals surface area contributed by atoms with Crippen LogP contribution in [0.5, 0.6) is 5.75 Å². The molecule has 1 aromatic heterocycles. The van der Waals surface area contributed by atoms with E-state index in [0.717, 1.165) is 52.7 Å². The number of aryl methyl sites for hydroxylation is 1. The Labute approximate surface area is 129 Å².